The van der Waals surface area contributed by atoms with Gasteiger partial charge in [0.05, 0.1) is 23.1 Å². The van der Waals surface area contributed by atoms with Gasteiger partial charge in [0.25, 0.3) is 0 Å². The third kappa shape index (κ3) is 13.4. The molecular formula is C38H56ClFN4O2. The quantitative estimate of drug-likeness (QED) is 0.0847. The average Bonchev–Trinajstić information content (AvgIpc) is 3.25. The van der Waals surface area contributed by atoms with Gasteiger partial charge in [-0.3, -0.25) is 4.79 Å². The van der Waals surface area contributed by atoms with Crippen LogP contribution in [0.4, 0.5) is 4.39 Å². The molecule has 2 aromatic rings. The zero-order valence-corrected chi connectivity index (χ0v) is 30.1. The highest BCUT2D eigenvalue weighted by molar-refractivity contribution is 6.30. The Labute approximate surface area is 282 Å². The van der Waals surface area contributed by atoms with Crippen LogP contribution >= 0.6 is 11.6 Å². The fourth-order valence-corrected chi connectivity index (χ4v) is 5.05. The fraction of sp³-hybridized carbons (Fsp3) is 0.474. The van der Waals surface area contributed by atoms with Crippen LogP contribution in [0.25, 0.3) is 5.65 Å². The summed E-state index contributed by atoms with van der Waals surface area (Å²) in [5.41, 5.74) is 5.85. The van der Waals surface area contributed by atoms with Crippen molar-refractivity contribution in [3.05, 3.63) is 106 Å². The molecule has 0 bridgehead atoms. The fourth-order valence-electron chi connectivity index (χ4n) is 4.88. The van der Waals surface area contributed by atoms with E-state index in [-0.39, 0.29) is 11.7 Å². The van der Waals surface area contributed by atoms with E-state index in [0.29, 0.717) is 19.4 Å². The molecule has 254 valence electrons. The number of amides is 1. The summed E-state index contributed by atoms with van der Waals surface area (Å²) < 4.78 is 22.5. The van der Waals surface area contributed by atoms with Gasteiger partial charge in [-0.2, -0.15) is 0 Å². The number of likely N-dealkylation sites (N-methyl/N-ethyl adjacent to an activating group) is 1. The number of allylic oxidation sites excluding steroid dienone is 8. The lowest BCUT2D eigenvalue weighted by Gasteiger charge is -2.26. The molecule has 0 radical (unpaired) electrons. The van der Waals surface area contributed by atoms with Gasteiger partial charge in [0.1, 0.15) is 11.5 Å². The molecule has 8 heteroatoms. The van der Waals surface area contributed by atoms with E-state index in [2.05, 4.69) is 56.4 Å². The second-order valence-corrected chi connectivity index (χ2v) is 11.2. The van der Waals surface area contributed by atoms with Crippen molar-refractivity contribution in [2.75, 3.05) is 26.2 Å². The number of carbonyl (C=O) groups excluding carboxylic acids is 1. The minimum Gasteiger partial charge on any atom is -0.498 e. The van der Waals surface area contributed by atoms with Gasteiger partial charge < -0.3 is 19.4 Å². The molecule has 1 atom stereocenters. The molecule has 0 fully saturated rings. The first-order valence-electron chi connectivity index (χ1n) is 16.6. The Balaban J connectivity index is 0.000000578. The SMILES string of the molecule is C=C/C(=C\C=C(/C)OCCCC)N(CC)CCC(C)C1=CCC=C(CNC=O)C=C1F.CC.CCc1nc2ccc(Cl)cn2c1C. The smallest absolute Gasteiger partial charge is 0.207 e. The van der Waals surface area contributed by atoms with Crippen molar-refractivity contribution in [1.29, 1.82) is 0 Å². The largest absolute Gasteiger partial charge is 0.498 e. The summed E-state index contributed by atoms with van der Waals surface area (Å²) in [5.74, 6) is 0.757. The van der Waals surface area contributed by atoms with Crippen molar-refractivity contribution >= 4 is 23.7 Å². The number of nitrogens with one attached hydrogen (secondary N) is 1. The minimum absolute atomic E-state index is 0.0813. The number of hydrogen-bond acceptors (Lipinski definition) is 4. The lowest BCUT2D eigenvalue weighted by Crippen LogP contribution is -2.24. The first kappa shape index (κ1) is 40.4. The van der Waals surface area contributed by atoms with Crippen molar-refractivity contribution in [3.8, 4) is 0 Å². The molecule has 1 aliphatic carbocycles. The summed E-state index contributed by atoms with van der Waals surface area (Å²) in [5, 5.41) is 3.34. The van der Waals surface area contributed by atoms with Crippen LogP contribution in [0.5, 0.6) is 0 Å². The van der Waals surface area contributed by atoms with Crippen LogP contribution in [0.15, 0.2) is 89.8 Å². The molecule has 1 N–H and O–H groups in total. The maximum Gasteiger partial charge on any atom is 0.207 e. The van der Waals surface area contributed by atoms with Crippen LogP contribution < -0.4 is 5.32 Å². The molecule has 1 aliphatic rings. The molecular weight excluding hydrogens is 599 g/mol. The average molecular weight is 655 g/mol. The Bertz CT molecular complexity index is 1390. The van der Waals surface area contributed by atoms with E-state index in [1.54, 1.807) is 0 Å². The van der Waals surface area contributed by atoms with Crippen LogP contribution in [0.3, 0.4) is 0 Å². The van der Waals surface area contributed by atoms with Crippen molar-refractivity contribution in [2.24, 2.45) is 5.92 Å². The van der Waals surface area contributed by atoms with E-state index in [1.807, 2.05) is 73.9 Å². The second kappa shape index (κ2) is 22.8. The number of nitrogens with zero attached hydrogens (tertiary/aromatic N) is 3. The molecule has 1 unspecified atom stereocenters. The molecule has 0 spiro atoms. The number of fused-ring (bicyclic) bond motifs is 1. The summed E-state index contributed by atoms with van der Waals surface area (Å²) in [6.45, 7) is 23.1. The topological polar surface area (TPSA) is 58.9 Å². The van der Waals surface area contributed by atoms with Gasteiger partial charge in [-0.25, -0.2) is 9.37 Å². The Morgan fingerprint density at radius 1 is 1.24 bits per heavy atom. The number of hydrogen-bond donors (Lipinski definition) is 1. The minimum atomic E-state index is -0.214. The molecule has 1 amide bonds. The number of halogens is 2. The third-order valence-electron chi connectivity index (χ3n) is 7.58. The van der Waals surface area contributed by atoms with Gasteiger partial charge in [0.15, 0.2) is 0 Å². The monoisotopic (exact) mass is 654 g/mol. The molecule has 3 rings (SSSR count). The summed E-state index contributed by atoms with van der Waals surface area (Å²) in [4.78, 5) is 17.2. The van der Waals surface area contributed by atoms with E-state index >= 15 is 0 Å². The number of rotatable bonds is 16. The van der Waals surface area contributed by atoms with Crippen LogP contribution in [0.2, 0.25) is 5.02 Å². The number of pyridine rings is 1. The Hall–Kier alpha value is -3.58. The highest BCUT2D eigenvalue weighted by atomic mass is 35.5. The van der Waals surface area contributed by atoms with Gasteiger partial charge in [-0.15, -0.1) is 0 Å². The maximum atomic E-state index is 14.8. The molecule has 0 aliphatic heterocycles. The zero-order valence-electron chi connectivity index (χ0n) is 29.3. The Kier molecular flexibility index (Phi) is 20.1. The normalized spacial score (nSPS) is 13.9. The van der Waals surface area contributed by atoms with Crippen molar-refractivity contribution in [1.82, 2.24) is 19.6 Å². The summed E-state index contributed by atoms with van der Waals surface area (Å²) in [6, 6.07) is 3.80. The van der Waals surface area contributed by atoms with Crippen LogP contribution in [0, 0.1) is 12.8 Å². The Morgan fingerprint density at radius 3 is 2.61 bits per heavy atom. The van der Waals surface area contributed by atoms with E-state index < -0.39 is 0 Å². The van der Waals surface area contributed by atoms with Gasteiger partial charge in [0, 0.05) is 37.2 Å². The number of aromatic nitrogens is 2. The third-order valence-corrected chi connectivity index (χ3v) is 7.81. The highest BCUT2D eigenvalue weighted by Crippen LogP contribution is 2.28. The van der Waals surface area contributed by atoms with E-state index in [1.165, 1.54) is 11.8 Å². The van der Waals surface area contributed by atoms with Gasteiger partial charge in [0.2, 0.25) is 6.41 Å². The lowest BCUT2D eigenvalue weighted by atomic mass is 9.95. The van der Waals surface area contributed by atoms with E-state index in [0.717, 1.165) is 84.3 Å². The molecule has 2 heterocycles. The molecule has 0 aromatic carbocycles. The van der Waals surface area contributed by atoms with Crippen LogP contribution in [0.1, 0.15) is 85.5 Å². The molecule has 0 saturated carbocycles. The maximum absolute atomic E-state index is 14.8. The Morgan fingerprint density at radius 2 is 1.98 bits per heavy atom. The van der Waals surface area contributed by atoms with Crippen molar-refractivity contribution < 1.29 is 13.9 Å². The number of carbonyl (C=O) groups is 1. The summed E-state index contributed by atoms with van der Waals surface area (Å²) in [7, 11) is 0. The first-order chi connectivity index (χ1) is 22.2. The van der Waals surface area contributed by atoms with Gasteiger partial charge >= 0.3 is 0 Å². The summed E-state index contributed by atoms with van der Waals surface area (Å²) >= 11 is 5.89. The summed E-state index contributed by atoms with van der Waals surface area (Å²) in [6.07, 6.45) is 18.4. The lowest BCUT2D eigenvalue weighted by molar-refractivity contribution is -0.109. The number of unbranched alkanes of at least 4 members (excludes halogenated alkanes) is 1. The molecule has 2 aromatic heterocycles. The second-order valence-electron chi connectivity index (χ2n) is 10.8. The standard InChI is InChI=1S/C26H39FN2O2.C10H11ClN2.C2H6/c1-6-9-17-31-22(5)13-14-24(7-2)29(8-3)16-15-21(4)25-12-10-11-23(18-26(25)27)19-28-20-30;1-3-9-7(2)13-6-8(11)4-5-10(13)12-9;1-2/h7,11-14,18,20-21H,2,6,8-10,15-17,19H2,1,3-5H3,(H,28,30);4-6H,3H2,1-2H3;1-2H3/b22-13+,24-14+;;. The molecule has 6 nitrogen and oxygen atoms in total. The predicted molar refractivity (Wildman–Crippen MR) is 194 cm³/mol. The number of imidazole rings is 1. The molecule has 0 saturated heterocycles. The van der Waals surface area contributed by atoms with Gasteiger partial charge in [-0.1, -0.05) is 71.4 Å². The van der Waals surface area contributed by atoms with Gasteiger partial charge in [-0.05, 0) is 100.0 Å². The van der Waals surface area contributed by atoms with E-state index in [4.69, 9.17) is 16.3 Å². The predicted octanol–water partition coefficient (Wildman–Crippen LogP) is 9.87. The highest BCUT2D eigenvalue weighted by Gasteiger charge is 2.17. The number of ether oxygens (including phenoxy) is 1. The van der Waals surface area contributed by atoms with Crippen LogP contribution in [-0.2, 0) is 16.0 Å². The molecule has 46 heavy (non-hydrogen) atoms. The van der Waals surface area contributed by atoms with Crippen LogP contribution in [-0.4, -0.2) is 46.9 Å². The zero-order chi connectivity index (χ0) is 34.5. The van der Waals surface area contributed by atoms with E-state index in [9.17, 15) is 9.18 Å². The van der Waals surface area contributed by atoms with Crippen molar-refractivity contribution in [3.63, 3.8) is 0 Å². The first-order valence-corrected chi connectivity index (χ1v) is 17.0. The van der Waals surface area contributed by atoms with Crippen molar-refractivity contribution in [2.45, 2.75) is 87.5 Å². The number of aryl methyl sites for hydroxylation is 2.